The maximum Gasteiger partial charge on any atom is 0.276 e. The molecule has 0 unspecified atom stereocenters. The molecule has 0 aromatic heterocycles. The number of rotatable bonds is 8. The topological polar surface area (TPSA) is 75.5 Å². The molecule has 0 bridgehead atoms. The Bertz CT molecular complexity index is 1510. The highest BCUT2D eigenvalue weighted by Gasteiger charge is 2.36. The van der Waals surface area contributed by atoms with E-state index in [0.29, 0.717) is 33.4 Å². The number of hydrazone groups is 1. The summed E-state index contributed by atoms with van der Waals surface area (Å²) in [5.41, 5.74) is 2.29. The molecular formula is C28H26Br2N4O3S. The first-order valence-electron chi connectivity index (χ1n) is 12.2. The average molecular weight is 658 g/mol. The second-order valence-corrected chi connectivity index (χ2v) is 11.3. The molecule has 10 heteroatoms. The van der Waals surface area contributed by atoms with Gasteiger partial charge in [0.05, 0.1) is 16.9 Å². The van der Waals surface area contributed by atoms with Crippen molar-refractivity contribution in [3.8, 4) is 11.5 Å². The lowest BCUT2D eigenvalue weighted by Gasteiger charge is -2.34. The Hall–Kier alpha value is -2.82. The zero-order chi connectivity index (χ0) is 26.6. The molecule has 38 heavy (non-hydrogen) atoms. The molecule has 2 aliphatic heterocycles. The van der Waals surface area contributed by atoms with E-state index in [-0.39, 0.29) is 5.91 Å². The van der Waals surface area contributed by atoms with Crippen molar-refractivity contribution in [3.63, 3.8) is 0 Å². The van der Waals surface area contributed by atoms with E-state index in [1.54, 1.807) is 12.1 Å². The van der Waals surface area contributed by atoms with E-state index in [1.165, 1.54) is 11.8 Å². The quantitative estimate of drug-likeness (QED) is 0.325. The normalized spacial score (nSPS) is 16.2. The number of fused-ring (bicyclic) bond motifs is 2. The van der Waals surface area contributed by atoms with Crippen molar-refractivity contribution in [1.82, 2.24) is 10.3 Å². The summed E-state index contributed by atoms with van der Waals surface area (Å²) >= 11 is 9.01. The fourth-order valence-electron chi connectivity index (χ4n) is 4.22. The van der Waals surface area contributed by atoms with Crippen molar-refractivity contribution < 1.29 is 14.3 Å². The first-order chi connectivity index (χ1) is 18.5. The van der Waals surface area contributed by atoms with Crippen LogP contribution in [-0.2, 0) is 11.4 Å². The number of hydrogen-bond acceptors (Lipinski definition) is 7. The number of nitrogens with one attached hydrogen (secondary N) is 1. The SMILES string of the molecule is CCCCSC1=NN2C(=c3ccccc3=N[C@H]2c2cc(OC)c(OCc3ccccc3)c(Br)c2Br)C(=O)N1. The second-order valence-electron chi connectivity index (χ2n) is 8.67. The number of halogens is 2. The summed E-state index contributed by atoms with van der Waals surface area (Å²) in [5, 5.41) is 11.6. The zero-order valence-electron chi connectivity index (χ0n) is 20.9. The van der Waals surface area contributed by atoms with Crippen molar-refractivity contribution in [1.29, 1.82) is 0 Å². The van der Waals surface area contributed by atoms with Gasteiger partial charge in [0.15, 0.2) is 22.8 Å². The molecule has 0 saturated heterocycles. The third kappa shape index (κ3) is 5.34. The number of amidine groups is 1. The number of hydrogen-bond donors (Lipinski definition) is 1. The minimum atomic E-state index is -0.601. The Morgan fingerprint density at radius 3 is 2.61 bits per heavy atom. The molecule has 196 valence electrons. The van der Waals surface area contributed by atoms with Crippen molar-refractivity contribution in [2.24, 2.45) is 10.1 Å². The molecule has 1 N–H and O–H groups in total. The van der Waals surface area contributed by atoms with Crippen LogP contribution in [0, 0.1) is 0 Å². The largest absolute Gasteiger partial charge is 0.493 e. The fraction of sp³-hybridized carbons (Fsp3) is 0.250. The number of thioether (sulfide) groups is 1. The summed E-state index contributed by atoms with van der Waals surface area (Å²) in [5.74, 6) is 1.79. The van der Waals surface area contributed by atoms with Gasteiger partial charge in [-0.3, -0.25) is 15.1 Å². The first kappa shape index (κ1) is 26.8. The summed E-state index contributed by atoms with van der Waals surface area (Å²) in [6.07, 6.45) is 1.50. The van der Waals surface area contributed by atoms with E-state index in [2.05, 4.69) is 44.1 Å². The highest BCUT2D eigenvalue weighted by atomic mass is 79.9. The van der Waals surface area contributed by atoms with Crippen molar-refractivity contribution in [2.45, 2.75) is 32.5 Å². The van der Waals surface area contributed by atoms with Gasteiger partial charge in [0.1, 0.15) is 12.3 Å². The summed E-state index contributed by atoms with van der Waals surface area (Å²) < 4.78 is 13.4. The summed E-state index contributed by atoms with van der Waals surface area (Å²) in [7, 11) is 1.61. The minimum Gasteiger partial charge on any atom is -0.493 e. The summed E-state index contributed by atoms with van der Waals surface area (Å²) in [6, 6.07) is 19.5. The Labute approximate surface area is 242 Å². The predicted octanol–water partition coefficient (Wildman–Crippen LogP) is 5.48. The van der Waals surface area contributed by atoms with Crippen LogP contribution in [0.1, 0.15) is 37.1 Å². The number of carbonyl (C=O) groups excluding carboxylic acids is 1. The maximum atomic E-state index is 13.4. The smallest absolute Gasteiger partial charge is 0.276 e. The van der Waals surface area contributed by atoms with Crippen LogP contribution in [0.5, 0.6) is 11.5 Å². The van der Waals surface area contributed by atoms with Crippen molar-refractivity contribution in [2.75, 3.05) is 12.9 Å². The molecule has 2 heterocycles. The molecule has 5 rings (SSSR count). The van der Waals surface area contributed by atoms with Crippen LogP contribution in [0.25, 0.3) is 5.70 Å². The number of benzene rings is 3. The van der Waals surface area contributed by atoms with Crippen LogP contribution in [-0.4, -0.2) is 28.9 Å². The molecule has 0 spiro atoms. The van der Waals surface area contributed by atoms with Gasteiger partial charge in [-0.05, 0) is 56.0 Å². The van der Waals surface area contributed by atoms with Gasteiger partial charge in [-0.15, -0.1) is 5.10 Å². The Morgan fingerprint density at radius 1 is 1.08 bits per heavy atom. The number of ether oxygens (including phenoxy) is 2. The number of amides is 1. The molecule has 3 aromatic carbocycles. The van der Waals surface area contributed by atoms with Crippen LogP contribution < -0.4 is 25.4 Å². The van der Waals surface area contributed by atoms with Gasteiger partial charge < -0.3 is 9.47 Å². The van der Waals surface area contributed by atoms with E-state index in [0.717, 1.165) is 44.8 Å². The fourth-order valence-corrected chi connectivity index (χ4v) is 6.19. The molecule has 3 aromatic rings. The van der Waals surface area contributed by atoms with Gasteiger partial charge in [0.25, 0.3) is 5.91 Å². The zero-order valence-corrected chi connectivity index (χ0v) is 24.9. The van der Waals surface area contributed by atoms with Crippen molar-refractivity contribution in [3.05, 3.63) is 91.3 Å². The summed E-state index contributed by atoms with van der Waals surface area (Å²) in [6.45, 7) is 2.52. The Morgan fingerprint density at radius 2 is 1.84 bits per heavy atom. The molecule has 2 aliphatic rings. The molecule has 7 nitrogen and oxygen atoms in total. The predicted molar refractivity (Wildman–Crippen MR) is 157 cm³/mol. The van der Waals surface area contributed by atoms with Crippen LogP contribution in [0.4, 0.5) is 0 Å². The Kier molecular flexibility index (Phi) is 8.40. The minimum absolute atomic E-state index is 0.198. The van der Waals surface area contributed by atoms with Gasteiger partial charge in [0.2, 0.25) is 0 Å². The molecule has 1 atom stereocenters. The third-order valence-corrected chi connectivity index (χ3v) is 9.23. The number of carbonyl (C=O) groups is 1. The van der Waals surface area contributed by atoms with Gasteiger partial charge in [-0.25, -0.2) is 5.01 Å². The second kappa shape index (κ2) is 11.9. The lowest BCUT2D eigenvalue weighted by atomic mass is 10.1. The molecule has 1 amide bonds. The third-order valence-electron chi connectivity index (χ3n) is 6.13. The van der Waals surface area contributed by atoms with Crippen molar-refractivity contribution >= 4 is 60.4 Å². The lowest BCUT2D eigenvalue weighted by Crippen LogP contribution is -2.50. The molecule has 0 saturated carbocycles. The highest BCUT2D eigenvalue weighted by molar-refractivity contribution is 9.13. The molecule has 0 radical (unpaired) electrons. The van der Waals surface area contributed by atoms with Crippen LogP contribution in [0.2, 0.25) is 0 Å². The van der Waals surface area contributed by atoms with E-state index < -0.39 is 6.17 Å². The number of nitrogens with zero attached hydrogens (tertiary/aromatic N) is 3. The van der Waals surface area contributed by atoms with Gasteiger partial charge >= 0.3 is 0 Å². The number of unbranched alkanes of at least 4 members (excludes halogenated alkanes) is 1. The van der Waals surface area contributed by atoms with E-state index >= 15 is 0 Å². The van der Waals surface area contributed by atoms with E-state index in [1.807, 2.05) is 60.7 Å². The van der Waals surface area contributed by atoms with Gasteiger partial charge in [0, 0.05) is 21.0 Å². The molecule has 0 aliphatic carbocycles. The lowest BCUT2D eigenvalue weighted by molar-refractivity contribution is -0.116. The highest BCUT2D eigenvalue weighted by Crippen LogP contribution is 2.47. The van der Waals surface area contributed by atoms with Crippen LogP contribution >= 0.6 is 43.6 Å². The molecule has 0 fully saturated rings. The number of methoxy groups -OCH3 is 1. The van der Waals surface area contributed by atoms with Gasteiger partial charge in [-0.2, -0.15) is 0 Å². The molecular weight excluding hydrogens is 632 g/mol. The monoisotopic (exact) mass is 656 g/mol. The van der Waals surface area contributed by atoms with E-state index in [4.69, 9.17) is 19.6 Å². The van der Waals surface area contributed by atoms with Crippen LogP contribution in [0.3, 0.4) is 0 Å². The first-order valence-corrected chi connectivity index (χ1v) is 14.8. The Balaban J connectivity index is 1.59. The van der Waals surface area contributed by atoms with Crippen LogP contribution in [0.15, 0.2) is 79.7 Å². The average Bonchev–Trinajstić information content (AvgIpc) is 2.94. The van der Waals surface area contributed by atoms with E-state index in [9.17, 15) is 4.79 Å². The van der Waals surface area contributed by atoms with Gasteiger partial charge in [-0.1, -0.05) is 73.6 Å². The standard InChI is InChI=1S/C28H26Br2N4O3S/c1-3-4-14-38-28-32-27(35)24-18-12-8-9-13-20(18)31-26(34(24)33-28)19-15-21(36-2)25(23(30)22(19)29)37-16-17-10-6-5-7-11-17/h5-13,15,26H,3-4,14,16H2,1-2H3,(H,32,33,35)/t26-/m1/s1. The maximum absolute atomic E-state index is 13.4. The summed E-state index contributed by atoms with van der Waals surface area (Å²) in [4.78, 5) is 18.4. The number of para-hydroxylation sites is 1.